The Labute approximate surface area is 124 Å². The van der Waals surface area contributed by atoms with E-state index in [9.17, 15) is 4.39 Å². The highest BCUT2D eigenvalue weighted by Gasteiger charge is 2.40. The fraction of sp³-hybridized carbons (Fsp3) is 0.571. The van der Waals surface area contributed by atoms with Gasteiger partial charge in [-0.2, -0.15) is 0 Å². The summed E-state index contributed by atoms with van der Waals surface area (Å²) in [4.78, 5) is 2.40. The minimum absolute atomic E-state index is 0. The zero-order chi connectivity index (χ0) is 12.6. The van der Waals surface area contributed by atoms with E-state index in [1.54, 1.807) is 12.1 Å². The molecule has 5 heteroatoms. The predicted octanol–water partition coefficient (Wildman–Crippen LogP) is 3.09. The van der Waals surface area contributed by atoms with Crippen LogP contribution in [0.3, 0.4) is 0 Å². The Morgan fingerprint density at radius 2 is 2.21 bits per heavy atom. The molecule has 0 bridgehead atoms. The second kappa shape index (κ2) is 5.96. The molecule has 2 fully saturated rings. The highest BCUT2D eigenvalue weighted by Crippen LogP contribution is 2.37. The molecule has 0 saturated carbocycles. The van der Waals surface area contributed by atoms with Crippen LogP contribution in [0.2, 0.25) is 5.02 Å². The maximum atomic E-state index is 13.2. The smallest absolute Gasteiger partial charge is 0.123 e. The monoisotopic (exact) mass is 304 g/mol. The SMILES string of the molecule is Cl.Fc1ccc(Cl)c(CN2CCC3(CCNC3)C2)c1. The molecule has 106 valence electrons. The summed E-state index contributed by atoms with van der Waals surface area (Å²) in [5.74, 6) is -0.203. The third-order valence-corrected chi connectivity index (χ3v) is 4.62. The summed E-state index contributed by atoms with van der Waals surface area (Å²) in [6.07, 6.45) is 2.51. The Bertz CT molecular complexity index is 447. The molecule has 1 N–H and O–H groups in total. The van der Waals surface area contributed by atoms with Gasteiger partial charge < -0.3 is 5.32 Å². The first-order valence-electron chi connectivity index (χ1n) is 6.54. The van der Waals surface area contributed by atoms with Gasteiger partial charge in [-0.3, -0.25) is 4.90 Å². The molecule has 2 aliphatic rings. The number of halogens is 3. The molecule has 1 unspecified atom stereocenters. The van der Waals surface area contributed by atoms with Crippen molar-refractivity contribution in [3.8, 4) is 0 Å². The van der Waals surface area contributed by atoms with E-state index in [0.29, 0.717) is 10.4 Å². The van der Waals surface area contributed by atoms with E-state index in [2.05, 4.69) is 10.2 Å². The van der Waals surface area contributed by atoms with Crippen LogP contribution in [0, 0.1) is 11.2 Å². The molecular formula is C14H19Cl2FN2. The quantitative estimate of drug-likeness (QED) is 0.903. The van der Waals surface area contributed by atoms with E-state index in [4.69, 9.17) is 11.6 Å². The van der Waals surface area contributed by atoms with Gasteiger partial charge in [-0.1, -0.05) is 11.6 Å². The van der Waals surface area contributed by atoms with Crippen molar-refractivity contribution in [2.75, 3.05) is 26.2 Å². The summed E-state index contributed by atoms with van der Waals surface area (Å²) in [7, 11) is 0. The number of likely N-dealkylation sites (tertiary alicyclic amines) is 1. The Kier molecular flexibility index (Phi) is 4.72. The third kappa shape index (κ3) is 3.22. The fourth-order valence-electron chi connectivity index (χ4n) is 3.21. The number of benzene rings is 1. The summed E-state index contributed by atoms with van der Waals surface area (Å²) < 4.78 is 13.2. The van der Waals surface area contributed by atoms with Crippen LogP contribution in [-0.2, 0) is 6.54 Å². The maximum absolute atomic E-state index is 13.2. The van der Waals surface area contributed by atoms with E-state index in [-0.39, 0.29) is 18.2 Å². The van der Waals surface area contributed by atoms with Crippen molar-refractivity contribution in [3.63, 3.8) is 0 Å². The lowest BCUT2D eigenvalue weighted by Gasteiger charge is -2.23. The molecule has 1 aromatic rings. The molecule has 1 aromatic carbocycles. The highest BCUT2D eigenvalue weighted by molar-refractivity contribution is 6.31. The first-order valence-corrected chi connectivity index (χ1v) is 6.92. The minimum atomic E-state index is -0.203. The van der Waals surface area contributed by atoms with Gasteiger partial charge in [-0.15, -0.1) is 12.4 Å². The number of hydrogen-bond donors (Lipinski definition) is 1. The summed E-state index contributed by atoms with van der Waals surface area (Å²) in [6.45, 7) is 5.22. The van der Waals surface area contributed by atoms with Gasteiger partial charge in [0.2, 0.25) is 0 Å². The molecular weight excluding hydrogens is 286 g/mol. The number of rotatable bonds is 2. The second-order valence-corrected chi connectivity index (χ2v) is 6.03. The zero-order valence-corrected chi connectivity index (χ0v) is 12.4. The minimum Gasteiger partial charge on any atom is -0.316 e. The van der Waals surface area contributed by atoms with Crippen molar-refractivity contribution in [1.29, 1.82) is 0 Å². The molecule has 1 atom stereocenters. The van der Waals surface area contributed by atoms with E-state index >= 15 is 0 Å². The molecule has 1 spiro atoms. The van der Waals surface area contributed by atoms with E-state index < -0.39 is 0 Å². The van der Waals surface area contributed by atoms with Crippen molar-refractivity contribution >= 4 is 24.0 Å². The van der Waals surface area contributed by atoms with Gasteiger partial charge in [-0.25, -0.2) is 4.39 Å². The number of hydrogen-bond acceptors (Lipinski definition) is 2. The van der Waals surface area contributed by atoms with Crippen LogP contribution in [-0.4, -0.2) is 31.1 Å². The van der Waals surface area contributed by atoms with Crippen LogP contribution in [0.1, 0.15) is 18.4 Å². The average molecular weight is 305 g/mol. The van der Waals surface area contributed by atoms with Crippen molar-refractivity contribution in [1.82, 2.24) is 10.2 Å². The average Bonchev–Trinajstić information content (AvgIpc) is 2.95. The Balaban J connectivity index is 0.00000133. The van der Waals surface area contributed by atoms with Crippen molar-refractivity contribution in [3.05, 3.63) is 34.6 Å². The van der Waals surface area contributed by atoms with Gasteiger partial charge in [-0.05, 0) is 55.1 Å². The van der Waals surface area contributed by atoms with Gasteiger partial charge in [0.25, 0.3) is 0 Å². The molecule has 0 aromatic heterocycles. The van der Waals surface area contributed by atoms with Crippen LogP contribution in [0.25, 0.3) is 0 Å². The lowest BCUT2D eigenvalue weighted by molar-refractivity contribution is 0.268. The van der Waals surface area contributed by atoms with Crippen LogP contribution >= 0.6 is 24.0 Å². The molecule has 3 rings (SSSR count). The molecule has 0 radical (unpaired) electrons. The predicted molar refractivity (Wildman–Crippen MR) is 78.5 cm³/mol. The van der Waals surface area contributed by atoms with Crippen molar-refractivity contribution in [2.24, 2.45) is 5.41 Å². The molecule has 2 aliphatic heterocycles. The molecule has 2 saturated heterocycles. The van der Waals surface area contributed by atoms with Gasteiger partial charge in [0.05, 0.1) is 0 Å². The number of nitrogens with zero attached hydrogens (tertiary/aromatic N) is 1. The van der Waals surface area contributed by atoms with Gasteiger partial charge >= 0.3 is 0 Å². The largest absolute Gasteiger partial charge is 0.316 e. The zero-order valence-electron chi connectivity index (χ0n) is 10.8. The maximum Gasteiger partial charge on any atom is 0.123 e. The first-order chi connectivity index (χ1) is 8.67. The van der Waals surface area contributed by atoms with E-state index in [0.717, 1.165) is 38.3 Å². The van der Waals surface area contributed by atoms with Crippen LogP contribution in [0.15, 0.2) is 18.2 Å². The second-order valence-electron chi connectivity index (χ2n) is 5.62. The molecule has 2 nitrogen and oxygen atoms in total. The molecule has 0 aliphatic carbocycles. The highest BCUT2D eigenvalue weighted by atomic mass is 35.5. The van der Waals surface area contributed by atoms with Crippen molar-refractivity contribution < 1.29 is 4.39 Å². The third-order valence-electron chi connectivity index (χ3n) is 4.25. The lowest BCUT2D eigenvalue weighted by Crippen LogP contribution is -2.29. The normalized spacial score (nSPS) is 26.8. The summed E-state index contributed by atoms with van der Waals surface area (Å²) in [6, 6.07) is 4.62. The summed E-state index contributed by atoms with van der Waals surface area (Å²) in [5, 5.41) is 4.12. The summed E-state index contributed by atoms with van der Waals surface area (Å²) in [5.41, 5.74) is 1.36. The lowest BCUT2D eigenvalue weighted by atomic mass is 9.86. The van der Waals surface area contributed by atoms with Crippen LogP contribution in [0.4, 0.5) is 4.39 Å². The molecule has 19 heavy (non-hydrogen) atoms. The topological polar surface area (TPSA) is 15.3 Å². The van der Waals surface area contributed by atoms with Gasteiger partial charge in [0, 0.05) is 24.7 Å². The van der Waals surface area contributed by atoms with Gasteiger partial charge in [0.1, 0.15) is 5.82 Å². The Morgan fingerprint density at radius 3 is 2.95 bits per heavy atom. The van der Waals surface area contributed by atoms with Crippen LogP contribution in [0.5, 0.6) is 0 Å². The van der Waals surface area contributed by atoms with Gasteiger partial charge in [0.15, 0.2) is 0 Å². The Hall–Kier alpha value is -0.350. The van der Waals surface area contributed by atoms with Crippen molar-refractivity contribution in [2.45, 2.75) is 19.4 Å². The Morgan fingerprint density at radius 1 is 1.37 bits per heavy atom. The standard InChI is InChI=1S/C14H18ClFN2.ClH/c15-13-2-1-12(16)7-11(13)8-18-6-4-14(10-18)3-5-17-9-14;/h1-2,7,17H,3-6,8-10H2;1H. The number of nitrogens with one attached hydrogen (secondary N) is 1. The summed E-state index contributed by atoms with van der Waals surface area (Å²) >= 11 is 6.12. The fourth-order valence-corrected chi connectivity index (χ4v) is 3.39. The molecule has 2 heterocycles. The van der Waals surface area contributed by atoms with Crippen LogP contribution < -0.4 is 5.32 Å². The molecule has 0 amide bonds. The van der Waals surface area contributed by atoms with E-state index in [1.807, 2.05) is 0 Å². The first kappa shape index (κ1) is 15.0. The van der Waals surface area contributed by atoms with E-state index in [1.165, 1.54) is 18.9 Å².